The molecule has 2 saturated heterocycles. The Hall–Kier alpha value is -6.07. The van der Waals surface area contributed by atoms with Gasteiger partial charge in [-0.3, -0.25) is 38.9 Å². The van der Waals surface area contributed by atoms with E-state index in [2.05, 4.69) is 28.8 Å². The average Bonchev–Trinajstić information content (AvgIpc) is 3.94. The number of rotatable bonds is 11. The zero-order valence-corrected chi connectivity index (χ0v) is 40.3. The van der Waals surface area contributed by atoms with Gasteiger partial charge in [0.05, 0.1) is 35.7 Å². The van der Waals surface area contributed by atoms with Crippen molar-refractivity contribution in [1.29, 1.82) is 0 Å². The SMILES string of the molecule is C=CC(=O)N1CC[C@H](C(=O)N(C)C(C(=O)N[C@H]2Cc3cc(C(F)F)cc(n3)-c3ccc4c(c3)c(c(-c3cccnc3[C@H](C)OC)n4CC)CC(C)(C)COC(=O)[C@@H]3CCCN(N3)C2=O)C(C)C)C1. The molecule has 3 aliphatic rings. The number of halogens is 2. The van der Waals surface area contributed by atoms with Gasteiger partial charge in [-0.15, -0.1) is 0 Å². The maximum absolute atomic E-state index is 15.0. The predicted molar refractivity (Wildman–Crippen MR) is 253 cm³/mol. The van der Waals surface area contributed by atoms with Crippen LogP contribution in [0.2, 0.25) is 0 Å². The van der Waals surface area contributed by atoms with Crippen molar-refractivity contribution in [3.8, 4) is 22.5 Å². The first-order valence-corrected chi connectivity index (χ1v) is 23.5. The van der Waals surface area contributed by atoms with E-state index in [9.17, 15) is 32.8 Å². The Morgan fingerprint density at radius 3 is 2.56 bits per heavy atom. The van der Waals surface area contributed by atoms with Crippen LogP contribution in [0, 0.1) is 17.3 Å². The third-order valence-electron chi connectivity index (χ3n) is 13.5. The van der Waals surface area contributed by atoms with Crippen LogP contribution in [0.4, 0.5) is 8.78 Å². The molecule has 364 valence electrons. The first-order chi connectivity index (χ1) is 32.4. The molecule has 0 aliphatic carbocycles. The zero-order chi connectivity index (χ0) is 49.2. The number of fused-ring (bicyclic) bond motifs is 6. The minimum atomic E-state index is -2.90. The van der Waals surface area contributed by atoms with Crippen molar-refractivity contribution in [2.24, 2.45) is 17.3 Å². The number of ether oxygens (including phenoxy) is 2. The van der Waals surface area contributed by atoms with E-state index in [0.29, 0.717) is 44.3 Å². The molecule has 7 rings (SSSR count). The lowest BCUT2D eigenvalue weighted by molar-refractivity contribution is -0.155. The first-order valence-electron chi connectivity index (χ1n) is 23.5. The fourth-order valence-corrected chi connectivity index (χ4v) is 9.95. The third kappa shape index (κ3) is 10.3. The number of esters is 1. The summed E-state index contributed by atoms with van der Waals surface area (Å²) < 4.78 is 44.0. The number of cyclic esters (lactones) is 1. The van der Waals surface area contributed by atoms with Crippen LogP contribution in [0.3, 0.4) is 0 Å². The maximum Gasteiger partial charge on any atom is 0.324 e. The molecular weight excluding hydrogens is 875 g/mol. The summed E-state index contributed by atoms with van der Waals surface area (Å²) in [7, 11) is 3.16. The van der Waals surface area contributed by atoms with Gasteiger partial charge in [0, 0.05) is 91.7 Å². The van der Waals surface area contributed by atoms with Crippen LogP contribution < -0.4 is 10.7 Å². The van der Waals surface area contributed by atoms with E-state index >= 15 is 0 Å². The fraction of sp³-hybridized carbons (Fsp3) is 0.510. The number of pyridine rings is 2. The summed E-state index contributed by atoms with van der Waals surface area (Å²) >= 11 is 0. The molecule has 0 radical (unpaired) electrons. The van der Waals surface area contributed by atoms with Gasteiger partial charge in [-0.2, -0.15) is 0 Å². The molecule has 4 aromatic rings. The highest BCUT2D eigenvalue weighted by molar-refractivity contribution is 5.96. The molecule has 6 bridgehead atoms. The van der Waals surface area contributed by atoms with Crippen LogP contribution in [0.15, 0.2) is 61.3 Å². The van der Waals surface area contributed by atoms with Crippen molar-refractivity contribution < 1.29 is 42.2 Å². The van der Waals surface area contributed by atoms with Crippen LogP contribution in [-0.4, -0.2) is 117 Å². The van der Waals surface area contributed by atoms with Gasteiger partial charge >= 0.3 is 5.97 Å². The Morgan fingerprint density at radius 1 is 1.10 bits per heavy atom. The van der Waals surface area contributed by atoms with Crippen LogP contribution >= 0.6 is 0 Å². The number of nitrogens with zero attached hydrogens (tertiary/aromatic N) is 6. The molecule has 6 heterocycles. The number of hydrogen-bond donors (Lipinski definition) is 2. The number of methoxy groups -OCH3 is 1. The van der Waals surface area contributed by atoms with Crippen molar-refractivity contribution in [3.05, 3.63) is 83.8 Å². The molecule has 68 heavy (non-hydrogen) atoms. The Balaban J connectivity index is 1.34. The standard InChI is InChI=1S/C51H64F2N8O7/c1-10-42(62)59-21-18-32(27-59)48(64)58(8)44(29(3)4)47(63)56-40-25-34-22-33(46(52)53)24-39(55-34)31-16-17-41-36(23-31)37(45(60(41)11-2)35-14-12-19-54-43(35)30(5)67-9)26-51(6,7)28-68-50(66)38-15-13-20-61(57-38)49(40)65/h10,12,14,16-17,19,22-24,29-30,32,38,40,44,46,57H,1,11,13,15,18,20-21,25-28H2,2-9H3,(H,56,63)/t30-,32-,38-,40-,44?/m0/s1. The summed E-state index contributed by atoms with van der Waals surface area (Å²) in [5.74, 6) is -3.40. The van der Waals surface area contributed by atoms with E-state index in [4.69, 9.17) is 19.4 Å². The van der Waals surface area contributed by atoms with Gasteiger partial charge in [0.1, 0.15) is 18.1 Å². The summed E-state index contributed by atoms with van der Waals surface area (Å²) in [5, 5.41) is 5.01. The number of hydrazine groups is 1. The number of benzene rings is 1. The molecule has 17 heteroatoms. The number of aryl methyl sites for hydroxylation is 1. The third-order valence-corrected chi connectivity index (χ3v) is 13.5. The Bertz CT molecular complexity index is 2580. The van der Waals surface area contributed by atoms with Crippen molar-refractivity contribution in [2.45, 2.75) is 111 Å². The molecule has 3 aliphatic heterocycles. The van der Waals surface area contributed by atoms with E-state index in [1.54, 1.807) is 27.2 Å². The highest BCUT2D eigenvalue weighted by atomic mass is 19.3. The molecule has 1 unspecified atom stereocenters. The van der Waals surface area contributed by atoms with Crippen molar-refractivity contribution in [2.75, 3.05) is 40.4 Å². The van der Waals surface area contributed by atoms with Crippen LogP contribution in [-0.2, 0) is 52.8 Å². The van der Waals surface area contributed by atoms with Crippen molar-refractivity contribution in [1.82, 2.24) is 40.1 Å². The molecule has 3 aromatic heterocycles. The number of likely N-dealkylation sites (tertiary alicyclic amines) is 1. The Morgan fingerprint density at radius 2 is 1.87 bits per heavy atom. The Kier molecular flexibility index (Phi) is 15.1. The lowest BCUT2D eigenvalue weighted by Crippen LogP contribution is -2.62. The maximum atomic E-state index is 15.0. The summed E-state index contributed by atoms with van der Waals surface area (Å²) in [6.07, 6.45) is 1.06. The minimum Gasteiger partial charge on any atom is -0.464 e. The molecule has 1 aromatic carbocycles. The smallest absolute Gasteiger partial charge is 0.324 e. The van der Waals surface area contributed by atoms with E-state index in [-0.39, 0.29) is 61.0 Å². The average molecular weight is 939 g/mol. The molecule has 4 amide bonds. The second-order valence-electron chi connectivity index (χ2n) is 19.3. The number of likely N-dealkylation sites (N-methyl/N-ethyl adjacent to an activating group) is 1. The van der Waals surface area contributed by atoms with Gasteiger partial charge < -0.3 is 29.2 Å². The molecule has 0 saturated carbocycles. The van der Waals surface area contributed by atoms with E-state index in [1.165, 1.54) is 40.1 Å². The van der Waals surface area contributed by atoms with Gasteiger partial charge in [-0.1, -0.05) is 40.3 Å². The lowest BCUT2D eigenvalue weighted by Gasteiger charge is -2.37. The number of nitrogens with one attached hydrogen (secondary N) is 2. The molecule has 2 fully saturated rings. The quantitative estimate of drug-likeness (QED) is 0.124. The van der Waals surface area contributed by atoms with Crippen molar-refractivity contribution >= 4 is 40.5 Å². The summed E-state index contributed by atoms with van der Waals surface area (Å²) in [5.41, 5.74) is 7.40. The van der Waals surface area contributed by atoms with E-state index < -0.39 is 59.6 Å². The number of alkyl halides is 2. The van der Waals surface area contributed by atoms with Crippen LogP contribution in [0.1, 0.15) is 95.8 Å². The van der Waals surface area contributed by atoms with Gasteiger partial charge in [0.15, 0.2) is 0 Å². The molecule has 15 nitrogen and oxygen atoms in total. The molecule has 0 spiro atoms. The van der Waals surface area contributed by atoms with Crippen LogP contribution in [0.25, 0.3) is 33.4 Å². The Labute approximate surface area is 396 Å². The van der Waals surface area contributed by atoms with Gasteiger partial charge in [-0.05, 0) is 93.5 Å². The van der Waals surface area contributed by atoms with Gasteiger partial charge in [-0.25, -0.2) is 14.2 Å². The molecule has 2 N–H and O–H groups in total. The second kappa shape index (κ2) is 20.7. The number of aromatic nitrogens is 3. The zero-order valence-electron chi connectivity index (χ0n) is 40.3. The largest absolute Gasteiger partial charge is 0.464 e. The second-order valence-corrected chi connectivity index (χ2v) is 19.3. The topological polar surface area (TPSA) is 168 Å². The first kappa shape index (κ1) is 49.8. The molecule has 5 atom stereocenters. The number of hydrogen-bond acceptors (Lipinski definition) is 10. The summed E-state index contributed by atoms with van der Waals surface area (Å²) in [6, 6.07) is 8.92. The predicted octanol–water partition coefficient (Wildman–Crippen LogP) is 6.60. The number of amides is 4. The van der Waals surface area contributed by atoms with Gasteiger partial charge in [0.2, 0.25) is 17.7 Å². The molecular formula is C51H64F2N8O7. The van der Waals surface area contributed by atoms with Gasteiger partial charge in [0.25, 0.3) is 12.3 Å². The van der Waals surface area contributed by atoms with Crippen LogP contribution in [0.5, 0.6) is 0 Å². The lowest BCUT2D eigenvalue weighted by atomic mass is 9.84. The number of carbonyl (C=O) groups is 5. The fourth-order valence-electron chi connectivity index (χ4n) is 9.95. The highest BCUT2D eigenvalue weighted by Gasteiger charge is 2.40. The van der Waals surface area contributed by atoms with E-state index in [0.717, 1.165) is 33.4 Å². The summed E-state index contributed by atoms with van der Waals surface area (Å²) in [4.78, 5) is 82.0. The highest BCUT2D eigenvalue weighted by Crippen LogP contribution is 2.42. The van der Waals surface area contributed by atoms with E-state index in [1.807, 2.05) is 51.1 Å². The minimum absolute atomic E-state index is 0.0383. The number of carbonyl (C=O) groups excluding carboxylic acids is 5. The summed E-state index contributed by atoms with van der Waals surface area (Å²) in [6.45, 7) is 16.5. The monoisotopic (exact) mass is 938 g/mol. The normalized spacial score (nSPS) is 20.8. The van der Waals surface area contributed by atoms with Crippen molar-refractivity contribution in [3.63, 3.8) is 0 Å².